The summed E-state index contributed by atoms with van der Waals surface area (Å²) in [5, 5.41) is 5.13. The second-order valence-electron chi connectivity index (χ2n) is 3.87. The topological polar surface area (TPSA) is 85.9 Å². The van der Waals surface area contributed by atoms with Gasteiger partial charge in [0, 0.05) is 13.2 Å². The zero-order valence-electron chi connectivity index (χ0n) is 12.3. The van der Waals surface area contributed by atoms with E-state index in [0.29, 0.717) is 39.6 Å². The van der Waals surface area contributed by atoms with Gasteiger partial charge in [0.05, 0.1) is 26.4 Å². The summed E-state index contributed by atoms with van der Waals surface area (Å²) in [6.45, 7) is 9.73. The second kappa shape index (κ2) is 14.7. The standard InChI is InChI=1S/C14H24N2O5/c1-3-13(17)15-6-5-7-19-8-9-20-10-11-21-12-16-14(18)4-2/h3-4H,1-2,5-12H2,(H,15,17)(H,16,18). The Morgan fingerprint density at radius 1 is 0.810 bits per heavy atom. The van der Waals surface area contributed by atoms with Gasteiger partial charge in [-0.05, 0) is 18.6 Å². The van der Waals surface area contributed by atoms with Crippen LogP contribution < -0.4 is 10.6 Å². The first-order chi connectivity index (χ1) is 10.2. The normalized spacial score (nSPS) is 9.90. The highest BCUT2D eigenvalue weighted by molar-refractivity contribution is 5.87. The van der Waals surface area contributed by atoms with Crippen LogP contribution in [0.2, 0.25) is 0 Å². The fourth-order valence-electron chi connectivity index (χ4n) is 1.16. The van der Waals surface area contributed by atoms with Gasteiger partial charge in [-0.1, -0.05) is 13.2 Å². The van der Waals surface area contributed by atoms with Gasteiger partial charge >= 0.3 is 0 Å². The Hall–Kier alpha value is -1.70. The van der Waals surface area contributed by atoms with Crippen molar-refractivity contribution < 1.29 is 23.8 Å². The first kappa shape index (κ1) is 19.3. The lowest BCUT2D eigenvalue weighted by molar-refractivity contribution is -0.118. The third-order valence-electron chi connectivity index (χ3n) is 2.23. The van der Waals surface area contributed by atoms with Gasteiger partial charge in [0.2, 0.25) is 11.8 Å². The van der Waals surface area contributed by atoms with Gasteiger partial charge in [-0.3, -0.25) is 9.59 Å². The fourth-order valence-corrected chi connectivity index (χ4v) is 1.16. The van der Waals surface area contributed by atoms with E-state index < -0.39 is 0 Å². The predicted octanol–water partition coefficient (Wildman–Crippen LogP) is -0.0118. The lowest BCUT2D eigenvalue weighted by Crippen LogP contribution is -2.25. The third kappa shape index (κ3) is 14.5. The lowest BCUT2D eigenvalue weighted by Gasteiger charge is -2.07. The van der Waals surface area contributed by atoms with Crippen LogP contribution in [-0.2, 0) is 23.8 Å². The van der Waals surface area contributed by atoms with Gasteiger partial charge in [0.1, 0.15) is 6.73 Å². The minimum atomic E-state index is -0.270. The molecule has 2 amide bonds. The van der Waals surface area contributed by atoms with E-state index in [0.717, 1.165) is 6.42 Å². The van der Waals surface area contributed by atoms with Crippen molar-refractivity contribution >= 4 is 11.8 Å². The molecule has 7 heteroatoms. The fraction of sp³-hybridized carbons (Fsp3) is 0.571. The number of hydrogen-bond acceptors (Lipinski definition) is 5. The number of ether oxygens (including phenoxy) is 3. The molecule has 0 atom stereocenters. The molecule has 2 N–H and O–H groups in total. The summed E-state index contributed by atoms with van der Waals surface area (Å²) in [7, 11) is 0. The van der Waals surface area contributed by atoms with E-state index in [1.807, 2.05) is 0 Å². The summed E-state index contributed by atoms with van der Waals surface area (Å²) in [4.78, 5) is 21.6. The van der Waals surface area contributed by atoms with Gasteiger partial charge in [-0.25, -0.2) is 0 Å². The Kier molecular flexibility index (Phi) is 13.5. The Morgan fingerprint density at radius 2 is 1.33 bits per heavy atom. The summed E-state index contributed by atoms with van der Waals surface area (Å²) in [5.74, 6) is -0.448. The van der Waals surface area contributed by atoms with Crippen LogP contribution in [0.25, 0.3) is 0 Å². The maximum Gasteiger partial charge on any atom is 0.245 e. The average Bonchev–Trinajstić information content (AvgIpc) is 2.51. The number of amides is 2. The molecule has 0 rings (SSSR count). The summed E-state index contributed by atoms with van der Waals surface area (Å²) >= 11 is 0. The maximum atomic E-state index is 10.8. The molecule has 7 nitrogen and oxygen atoms in total. The first-order valence-corrected chi connectivity index (χ1v) is 6.74. The molecule has 0 aliphatic heterocycles. The van der Waals surface area contributed by atoms with Crippen LogP contribution in [0.15, 0.2) is 25.3 Å². The number of carbonyl (C=O) groups is 2. The van der Waals surface area contributed by atoms with E-state index in [2.05, 4.69) is 23.8 Å². The van der Waals surface area contributed by atoms with E-state index in [1.54, 1.807) is 0 Å². The molecule has 0 bridgehead atoms. The van der Waals surface area contributed by atoms with Crippen molar-refractivity contribution in [2.45, 2.75) is 6.42 Å². The molecule has 0 spiro atoms. The van der Waals surface area contributed by atoms with Crippen molar-refractivity contribution in [2.75, 3.05) is 46.3 Å². The van der Waals surface area contributed by atoms with Crippen molar-refractivity contribution in [3.63, 3.8) is 0 Å². The van der Waals surface area contributed by atoms with E-state index in [1.165, 1.54) is 12.2 Å². The highest BCUT2D eigenvalue weighted by atomic mass is 16.5. The molecule has 0 saturated heterocycles. The minimum Gasteiger partial charge on any atom is -0.379 e. The van der Waals surface area contributed by atoms with Gasteiger partial charge in [0.15, 0.2) is 0 Å². The smallest absolute Gasteiger partial charge is 0.245 e. The van der Waals surface area contributed by atoms with Gasteiger partial charge < -0.3 is 24.8 Å². The molecule has 120 valence electrons. The number of carbonyl (C=O) groups excluding carboxylic acids is 2. The number of hydrogen-bond donors (Lipinski definition) is 2. The summed E-state index contributed by atoms with van der Waals surface area (Å²) in [6, 6.07) is 0. The predicted molar refractivity (Wildman–Crippen MR) is 78.6 cm³/mol. The van der Waals surface area contributed by atoms with Crippen molar-refractivity contribution in [3.05, 3.63) is 25.3 Å². The molecule has 0 saturated carbocycles. The van der Waals surface area contributed by atoms with Crippen LogP contribution in [-0.4, -0.2) is 58.1 Å². The molecule has 0 heterocycles. The van der Waals surface area contributed by atoms with Crippen molar-refractivity contribution in [3.8, 4) is 0 Å². The largest absolute Gasteiger partial charge is 0.379 e. The zero-order chi connectivity index (χ0) is 15.8. The monoisotopic (exact) mass is 300 g/mol. The zero-order valence-corrected chi connectivity index (χ0v) is 12.3. The lowest BCUT2D eigenvalue weighted by atomic mass is 10.4. The van der Waals surface area contributed by atoms with Crippen LogP contribution >= 0.6 is 0 Å². The number of rotatable bonds is 14. The van der Waals surface area contributed by atoms with Crippen LogP contribution in [0.1, 0.15) is 6.42 Å². The molecule has 0 aromatic carbocycles. The van der Waals surface area contributed by atoms with E-state index in [9.17, 15) is 9.59 Å². The summed E-state index contributed by atoms with van der Waals surface area (Å²) in [5.41, 5.74) is 0. The highest BCUT2D eigenvalue weighted by Gasteiger charge is 1.95. The average molecular weight is 300 g/mol. The molecule has 0 aromatic heterocycles. The molecule has 0 aliphatic rings. The van der Waals surface area contributed by atoms with Crippen LogP contribution in [0.5, 0.6) is 0 Å². The molecule has 0 radical (unpaired) electrons. The molecule has 0 aromatic rings. The third-order valence-corrected chi connectivity index (χ3v) is 2.23. The molecular weight excluding hydrogens is 276 g/mol. The molecule has 21 heavy (non-hydrogen) atoms. The van der Waals surface area contributed by atoms with Gasteiger partial charge in [0.25, 0.3) is 0 Å². The van der Waals surface area contributed by atoms with Crippen LogP contribution in [0, 0.1) is 0 Å². The second-order valence-corrected chi connectivity index (χ2v) is 3.87. The van der Waals surface area contributed by atoms with E-state index in [4.69, 9.17) is 14.2 Å². The van der Waals surface area contributed by atoms with Crippen molar-refractivity contribution in [1.29, 1.82) is 0 Å². The van der Waals surface area contributed by atoms with E-state index >= 15 is 0 Å². The van der Waals surface area contributed by atoms with Crippen LogP contribution in [0.3, 0.4) is 0 Å². The Morgan fingerprint density at radius 3 is 1.95 bits per heavy atom. The van der Waals surface area contributed by atoms with Crippen LogP contribution in [0.4, 0.5) is 0 Å². The molecule has 0 unspecified atom stereocenters. The van der Waals surface area contributed by atoms with Crippen molar-refractivity contribution in [1.82, 2.24) is 10.6 Å². The molecule has 0 fully saturated rings. The van der Waals surface area contributed by atoms with Crippen molar-refractivity contribution in [2.24, 2.45) is 0 Å². The number of nitrogens with one attached hydrogen (secondary N) is 2. The van der Waals surface area contributed by atoms with Gasteiger partial charge in [-0.15, -0.1) is 0 Å². The Bertz CT molecular complexity index is 290. The first-order valence-electron chi connectivity index (χ1n) is 6.74. The van der Waals surface area contributed by atoms with Gasteiger partial charge in [-0.2, -0.15) is 0 Å². The molecule has 0 aliphatic carbocycles. The quantitative estimate of drug-likeness (QED) is 0.268. The minimum absolute atomic E-state index is 0.140. The highest BCUT2D eigenvalue weighted by Crippen LogP contribution is 1.84. The summed E-state index contributed by atoms with van der Waals surface area (Å²) < 4.78 is 15.7. The Labute approximate surface area is 125 Å². The molecular formula is C14H24N2O5. The summed E-state index contributed by atoms with van der Waals surface area (Å²) in [6.07, 6.45) is 3.16. The SMILES string of the molecule is C=CC(=O)NCCCOCCOCCOCNC(=O)C=C. The maximum absolute atomic E-state index is 10.8. The van der Waals surface area contributed by atoms with E-state index in [-0.39, 0.29) is 18.5 Å². The Balaban J connectivity index is 3.09.